The standard InChI is InChI=1S/C23H32N4O3/c1-16-12-17-14-21(26-22(17)20(13-16)24-18-3-8-28-9-4-18)23-25-19(15-30-23)2-5-27-6-10-29-11-7-27/h12-14,18-19,24,26H,2-11,15H2,1H3. The van der Waals surface area contributed by atoms with Crippen molar-refractivity contribution in [1.29, 1.82) is 0 Å². The van der Waals surface area contributed by atoms with Crippen LogP contribution in [-0.4, -0.2) is 80.5 Å². The second kappa shape index (κ2) is 8.96. The third kappa shape index (κ3) is 4.48. The molecule has 1 unspecified atom stereocenters. The van der Waals surface area contributed by atoms with Crippen LogP contribution >= 0.6 is 0 Å². The van der Waals surface area contributed by atoms with E-state index < -0.39 is 0 Å². The minimum absolute atomic E-state index is 0.232. The Morgan fingerprint density at radius 1 is 1.10 bits per heavy atom. The summed E-state index contributed by atoms with van der Waals surface area (Å²) in [6.45, 7) is 9.26. The molecule has 30 heavy (non-hydrogen) atoms. The van der Waals surface area contributed by atoms with Crippen molar-refractivity contribution >= 4 is 22.5 Å². The summed E-state index contributed by atoms with van der Waals surface area (Å²) in [4.78, 5) is 10.9. The number of nitrogens with one attached hydrogen (secondary N) is 2. The number of aromatic amines is 1. The molecule has 2 aromatic rings. The van der Waals surface area contributed by atoms with E-state index in [1.54, 1.807) is 0 Å². The molecule has 0 bridgehead atoms. The number of ether oxygens (including phenoxy) is 3. The summed E-state index contributed by atoms with van der Waals surface area (Å²) in [5, 5.41) is 4.92. The molecule has 7 nitrogen and oxygen atoms in total. The van der Waals surface area contributed by atoms with Gasteiger partial charge in [0.25, 0.3) is 0 Å². The molecule has 2 N–H and O–H groups in total. The maximum Gasteiger partial charge on any atom is 0.233 e. The van der Waals surface area contributed by atoms with Gasteiger partial charge in [0.1, 0.15) is 12.3 Å². The van der Waals surface area contributed by atoms with Crippen LogP contribution in [0.4, 0.5) is 5.69 Å². The number of aryl methyl sites for hydroxylation is 1. The molecule has 0 amide bonds. The SMILES string of the molecule is Cc1cc(NC2CCOCC2)c2[nH]c(C3=NC(CCN4CCOCC4)CO3)cc2c1. The van der Waals surface area contributed by atoms with E-state index in [2.05, 4.69) is 40.3 Å². The molecule has 1 atom stereocenters. The molecule has 3 aliphatic rings. The van der Waals surface area contributed by atoms with Crippen molar-refractivity contribution in [1.82, 2.24) is 9.88 Å². The number of hydrogen-bond acceptors (Lipinski definition) is 6. The summed E-state index contributed by atoms with van der Waals surface area (Å²) in [5.41, 5.74) is 4.51. The lowest BCUT2D eigenvalue weighted by atomic mass is 10.1. The predicted octanol–water partition coefficient (Wildman–Crippen LogP) is 2.93. The van der Waals surface area contributed by atoms with Gasteiger partial charge in [-0.05, 0) is 49.9 Å². The summed E-state index contributed by atoms with van der Waals surface area (Å²) < 4.78 is 16.9. The number of H-pyrrole nitrogens is 1. The van der Waals surface area contributed by atoms with Gasteiger partial charge in [-0.1, -0.05) is 0 Å². The number of morpholine rings is 1. The average molecular weight is 413 g/mol. The molecule has 2 fully saturated rings. The first-order valence-electron chi connectivity index (χ1n) is 11.2. The van der Waals surface area contributed by atoms with Crippen LogP contribution in [0, 0.1) is 6.92 Å². The van der Waals surface area contributed by atoms with Crippen LogP contribution < -0.4 is 5.32 Å². The zero-order valence-corrected chi connectivity index (χ0v) is 17.8. The van der Waals surface area contributed by atoms with Crippen molar-refractivity contribution in [3.05, 3.63) is 29.5 Å². The number of nitrogens with zero attached hydrogens (tertiary/aromatic N) is 2. The van der Waals surface area contributed by atoms with Crippen molar-refractivity contribution in [3.8, 4) is 0 Å². The van der Waals surface area contributed by atoms with Gasteiger partial charge in [-0.3, -0.25) is 4.90 Å². The summed E-state index contributed by atoms with van der Waals surface area (Å²) in [7, 11) is 0. The Bertz CT molecular complexity index is 897. The minimum atomic E-state index is 0.232. The Labute approximate surface area is 177 Å². The van der Waals surface area contributed by atoms with Crippen molar-refractivity contribution < 1.29 is 14.2 Å². The second-order valence-corrected chi connectivity index (χ2v) is 8.63. The van der Waals surface area contributed by atoms with E-state index in [1.807, 2.05) is 0 Å². The molecular weight excluding hydrogens is 380 g/mol. The largest absolute Gasteiger partial charge is 0.474 e. The van der Waals surface area contributed by atoms with E-state index in [0.717, 1.165) is 88.1 Å². The zero-order valence-electron chi connectivity index (χ0n) is 17.8. The maximum atomic E-state index is 5.98. The van der Waals surface area contributed by atoms with Gasteiger partial charge in [0.05, 0.1) is 30.5 Å². The van der Waals surface area contributed by atoms with Crippen LogP contribution in [0.5, 0.6) is 0 Å². The second-order valence-electron chi connectivity index (χ2n) is 8.63. The molecule has 1 aromatic heterocycles. The van der Waals surface area contributed by atoms with Gasteiger partial charge in [-0.25, -0.2) is 4.99 Å². The Morgan fingerprint density at radius 2 is 1.90 bits per heavy atom. The van der Waals surface area contributed by atoms with Gasteiger partial charge >= 0.3 is 0 Å². The number of anilines is 1. The molecule has 4 heterocycles. The van der Waals surface area contributed by atoms with E-state index in [0.29, 0.717) is 12.6 Å². The van der Waals surface area contributed by atoms with Gasteiger partial charge < -0.3 is 24.5 Å². The highest BCUT2D eigenvalue weighted by Gasteiger charge is 2.23. The lowest BCUT2D eigenvalue weighted by Crippen LogP contribution is -2.37. The molecule has 0 radical (unpaired) electrons. The normalized spacial score (nSPS) is 23.5. The lowest BCUT2D eigenvalue weighted by Gasteiger charge is -2.26. The number of fused-ring (bicyclic) bond motifs is 1. The number of aliphatic imine (C=N–C) groups is 1. The van der Waals surface area contributed by atoms with E-state index in [9.17, 15) is 0 Å². The molecule has 5 rings (SSSR count). The maximum absolute atomic E-state index is 5.98. The molecule has 2 saturated heterocycles. The predicted molar refractivity (Wildman–Crippen MR) is 119 cm³/mol. The van der Waals surface area contributed by atoms with Gasteiger partial charge in [-0.15, -0.1) is 0 Å². The van der Waals surface area contributed by atoms with Gasteiger partial charge in [0.2, 0.25) is 5.90 Å². The van der Waals surface area contributed by atoms with Crippen LogP contribution in [0.15, 0.2) is 23.2 Å². The molecule has 7 heteroatoms. The molecular formula is C23H32N4O3. The quantitative estimate of drug-likeness (QED) is 0.763. The summed E-state index contributed by atoms with van der Waals surface area (Å²) in [6, 6.07) is 7.30. The molecule has 162 valence electrons. The summed E-state index contributed by atoms with van der Waals surface area (Å²) in [6.07, 6.45) is 3.12. The van der Waals surface area contributed by atoms with Gasteiger partial charge in [0.15, 0.2) is 0 Å². The van der Waals surface area contributed by atoms with Crippen molar-refractivity contribution in [2.24, 2.45) is 4.99 Å². The number of aromatic nitrogens is 1. The molecule has 0 aliphatic carbocycles. The van der Waals surface area contributed by atoms with Crippen LogP contribution in [-0.2, 0) is 14.2 Å². The minimum Gasteiger partial charge on any atom is -0.474 e. The van der Waals surface area contributed by atoms with E-state index >= 15 is 0 Å². The van der Waals surface area contributed by atoms with Crippen LogP contribution in [0.3, 0.4) is 0 Å². The molecule has 0 saturated carbocycles. The van der Waals surface area contributed by atoms with Gasteiger partial charge in [0, 0.05) is 44.3 Å². The van der Waals surface area contributed by atoms with Crippen LogP contribution in [0.2, 0.25) is 0 Å². The van der Waals surface area contributed by atoms with E-state index in [1.165, 1.54) is 10.9 Å². The fraction of sp³-hybridized carbons (Fsp3) is 0.609. The zero-order chi connectivity index (χ0) is 20.3. The van der Waals surface area contributed by atoms with Gasteiger partial charge in [-0.2, -0.15) is 0 Å². The van der Waals surface area contributed by atoms with E-state index in [4.69, 9.17) is 19.2 Å². The molecule has 0 spiro atoms. The van der Waals surface area contributed by atoms with Crippen molar-refractivity contribution in [2.45, 2.75) is 38.3 Å². The lowest BCUT2D eigenvalue weighted by molar-refractivity contribution is 0.0364. The first kappa shape index (κ1) is 19.8. The highest BCUT2D eigenvalue weighted by atomic mass is 16.5. The van der Waals surface area contributed by atoms with E-state index in [-0.39, 0.29) is 6.04 Å². The third-order valence-electron chi connectivity index (χ3n) is 6.28. The Balaban J connectivity index is 1.30. The monoisotopic (exact) mass is 412 g/mol. The topological polar surface area (TPSA) is 71.1 Å². The molecule has 3 aliphatic heterocycles. The first-order chi connectivity index (χ1) is 14.7. The Morgan fingerprint density at radius 3 is 2.73 bits per heavy atom. The van der Waals surface area contributed by atoms with Crippen LogP contribution in [0.1, 0.15) is 30.5 Å². The highest BCUT2D eigenvalue weighted by Crippen LogP contribution is 2.29. The Hall–Kier alpha value is -2.09. The summed E-state index contributed by atoms with van der Waals surface area (Å²) >= 11 is 0. The third-order valence-corrected chi connectivity index (χ3v) is 6.28. The Kier molecular flexibility index (Phi) is 5.93. The summed E-state index contributed by atoms with van der Waals surface area (Å²) in [5.74, 6) is 0.743. The van der Waals surface area contributed by atoms with Crippen LogP contribution in [0.25, 0.3) is 10.9 Å². The fourth-order valence-corrected chi connectivity index (χ4v) is 4.55. The number of hydrogen-bond donors (Lipinski definition) is 2. The molecule has 1 aromatic carbocycles. The smallest absolute Gasteiger partial charge is 0.233 e. The highest BCUT2D eigenvalue weighted by molar-refractivity contribution is 6.02. The average Bonchev–Trinajstić information content (AvgIpc) is 3.41. The van der Waals surface area contributed by atoms with Crippen molar-refractivity contribution in [2.75, 3.05) is 58.0 Å². The number of benzene rings is 1. The number of rotatable bonds is 6. The fourth-order valence-electron chi connectivity index (χ4n) is 4.55. The first-order valence-corrected chi connectivity index (χ1v) is 11.2. The van der Waals surface area contributed by atoms with Crippen molar-refractivity contribution in [3.63, 3.8) is 0 Å².